The van der Waals surface area contributed by atoms with Crippen LogP contribution in [0.25, 0.3) is 0 Å². The molecule has 15 heavy (non-hydrogen) atoms. The van der Waals surface area contributed by atoms with Crippen molar-refractivity contribution < 1.29 is 9.53 Å². The molecule has 4 nitrogen and oxygen atoms in total. The highest BCUT2D eigenvalue weighted by atomic mass is 16.5. The zero-order valence-electron chi connectivity index (χ0n) is 9.74. The monoisotopic (exact) mass is 214 g/mol. The maximum atomic E-state index is 11.7. The second-order valence-electron chi connectivity index (χ2n) is 4.09. The van der Waals surface area contributed by atoms with E-state index in [1.807, 2.05) is 14.0 Å². The molecule has 4 heteroatoms. The van der Waals surface area contributed by atoms with Gasteiger partial charge in [-0.2, -0.15) is 0 Å². The lowest BCUT2D eigenvalue weighted by Gasteiger charge is -2.27. The van der Waals surface area contributed by atoms with Crippen molar-refractivity contribution in [2.45, 2.75) is 32.2 Å². The van der Waals surface area contributed by atoms with E-state index in [-0.39, 0.29) is 11.9 Å². The van der Waals surface area contributed by atoms with Gasteiger partial charge in [-0.05, 0) is 25.7 Å². The van der Waals surface area contributed by atoms with Gasteiger partial charge in [0.05, 0.1) is 13.0 Å². The molecule has 2 N–H and O–H groups in total. The van der Waals surface area contributed by atoms with E-state index in [4.69, 9.17) is 10.5 Å². The first-order valence-electron chi connectivity index (χ1n) is 5.74. The molecule has 0 saturated heterocycles. The van der Waals surface area contributed by atoms with Crippen molar-refractivity contribution in [3.63, 3.8) is 0 Å². The molecule has 1 aliphatic carbocycles. The lowest BCUT2D eigenvalue weighted by Crippen LogP contribution is -2.43. The van der Waals surface area contributed by atoms with Crippen LogP contribution in [0.1, 0.15) is 26.2 Å². The van der Waals surface area contributed by atoms with Crippen molar-refractivity contribution in [3.05, 3.63) is 0 Å². The molecule has 0 bridgehead atoms. The Morgan fingerprint density at radius 3 is 2.73 bits per heavy atom. The Bertz CT molecular complexity index is 205. The molecule has 0 aromatic heterocycles. The smallest absolute Gasteiger partial charge is 0.224 e. The maximum Gasteiger partial charge on any atom is 0.224 e. The molecule has 1 fully saturated rings. The zero-order valence-corrected chi connectivity index (χ0v) is 9.74. The van der Waals surface area contributed by atoms with Gasteiger partial charge in [0.15, 0.2) is 0 Å². The fraction of sp³-hybridized carbons (Fsp3) is 0.909. The molecule has 1 rings (SSSR count). The second-order valence-corrected chi connectivity index (χ2v) is 4.09. The van der Waals surface area contributed by atoms with Crippen LogP contribution in [0.15, 0.2) is 0 Å². The maximum absolute atomic E-state index is 11.7. The van der Waals surface area contributed by atoms with Gasteiger partial charge < -0.3 is 15.4 Å². The SMILES string of the molecule is CCOCCC(=O)N(C)C(CN)C1CC1. The van der Waals surface area contributed by atoms with Crippen molar-refractivity contribution in [3.8, 4) is 0 Å². The number of rotatable bonds is 7. The van der Waals surface area contributed by atoms with Crippen LogP contribution in [0.2, 0.25) is 0 Å². The first-order valence-corrected chi connectivity index (χ1v) is 5.74. The number of nitrogens with zero attached hydrogens (tertiary/aromatic N) is 1. The van der Waals surface area contributed by atoms with Crippen molar-refractivity contribution in [1.82, 2.24) is 4.90 Å². The summed E-state index contributed by atoms with van der Waals surface area (Å²) in [5, 5.41) is 0. The van der Waals surface area contributed by atoms with Crippen LogP contribution < -0.4 is 5.73 Å². The molecular formula is C11H22N2O2. The molecule has 0 spiro atoms. The Kier molecular flexibility index (Phi) is 5.05. The largest absolute Gasteiger partial charge is 0.381 e. The van der Waals surface area contributed by atoms with Crippen molar-refractivity contribution in [1.29, 1.82) is 0 Å². The number of ether oxygens (including phenoxy) is 1. The molecule has 1 unspecified atom stereocenters. The highest BCUT2D eigenvalue weighted by molar-refractivity contribution is 5.76. The summed E-state index contributed by atoms with van der Waals surface area (Å²) < 4.78 is 5.17. The summed E-state index contributed by atoms with van der Waals surface area (Å²) in [6.45, 7) is 3.68. The van der Waals surface area contributed by atoms with Gasteiger partial charge in [-0.3, -0.25) is 4.79 Å². The number of hydrogen-bond donors (Lipinski definition) is 1. The molecule has 0 aromatic carbocycles. The summed E-state index contributed by atoms with van der Waals surface area (Å²) in [6.07, 6.45) is 2.89. The summed E-state index contributed by atoms with van der Waals surface area (Å²) in [4.78, 5) is 13.5. The van der Waals surface area contributed by atoms with Crippen LogP contribution in [0.4, 0.5) is 0 Å². The zero-order chi connectivity index (χ0) is 11.3. The molecule has 88 valence electrons. The highest BCUT2D eigenvalue weighted by Gasteiger charge is 2.34. The Labute approximate surface area is 91.8 Å². The lowest BCUT2D eigenvalue weighted by atomic mass is 10.1. The number of hydrogen-bond acceptors (Lipinski definition) is 3. The molecule has 1 aliphatic rings. The lowest BCUT2D eigenvalue weighted by molar-refractivity contribution is -0.133. The summed E-state index contributed by atoms with van der Waals surface area (Å²) in [7, 11) is 1.85. The van der Waals surface area contributed by atoms with E-state index < -0.39 is 0 Å². The van der Waals surface area contributed by atoms with Gasteiger partial charge in [-0.1, -0.05) is 0 Å². The molecule has 0 radical (unpaired) electrons. The molecule has 0 aliphatic heterocycles. The minimum Gasteiger partial charge on any atom is -0.381 e. The fourth-order valence-electron chi connectivity index (χ4n) is 1.81. The van der Waals surface area contributed by atoms with Crippen LogP contribution in [0, 0.1) is 5.92 Å². The van der Waals surface area contributed by atoms with Crippen LogP contribution in [0.3, 0.4) is 0 Å². The molecule has 1 atom stereocenters. The van der Waals surface area contributed by atoms with E-state index in [0.717, 1.165) is 0 Å². The molecule has 1 amide bonds. The van der Waals surface area contributed by atoms with Crippen LogP contribution in [0.5, 0.6) is 0 Å². The number of carbonyl (C=O) groups is 1. The molecule has 0 aromatic rings. The van der Waals surface area contributed by atoms with Crippen LogP contribution in [-0.2, 0) is 9.53 Å². The van der Waals surface area contributed by atoms with Gasteiger partial charge in [0.2, 0.25) is 5.91 Å². The van der Waals surface area contributed by atoms with E-state index in [0.29, 0.717) is 32.1 Å². The third kappa shape index (κ3) is 3.80. The van der Waals surface area contributed by atoms with Gasteiger partial charge in [-0.15, -0.1) is 0 Å². The Balaban J connectivity index is 2.29. The standard InChI is InChI=1S/C11H22N2O2/c1-3-15-7-6-11(14)13(2)10(8-12)9-4-5-9/h9-10H,3-8,12H2,1-2H3. The Hall–Kier alpha value is -0.610. The predicted molar refractivity (Wildman–Crippen MR) is 59.4 cm³/mol. The van der Waals surface area contributed by atoms with Gasteiger partial charge in [-0.25, -0.2) is 0 Å². The van der Waals surface area contributed by atoms with E-state index in [2.05, 4.69) is 0 Å². The highest BCUT2D eigenvalue weighted by Crippen LogP contribution is 2.34. The molecule has 0 heterocycles. The quantitative estimate of drug-likeness (QED) is 0.632. The van der Waals surface area contributed by atoms with Crippen molar-refractivity contribution in [2.24, 2.45) is 11.7 Å². The van der Waals surface area contributed by atoms with Gasteiger partial charge in [0.25, 0.3) is 0 Å². The summed E-state index contributed by atoms with van der Waals surface area (Å²) >= 11 is 0. The number of likely N-dealkylation sites (N-methyl/N-ethyl adjacent to an activating group) is 1. The number of nitrogens with two attached hydrogens (primary N) is 1. The number of amides is 1. The van der Waals surface area contributed by atoms with E-state index in [1.165, 1.54) is 12.8 Å². The third-order valence-corrected chi connectivity index (χ3v) is 2.96. The van der Waals surface area contributed by atoms with E-state index in [1.54, 1.807) is 4.90 Å². The summed E-state index contributed by atoms with van der Waals surface area (Å²) in [5.41, 5.74) is 5.68. The van der Waals surface area contributed by atoms with Crippen molar-refractivity contribution in [2.75, 3.05) is 26.8 Å². The Morgan fingerprint density at radius 2 is 2.27 bits per heavy atom. The minimum atomic E-state index is 0.144. The van der Waals surface area contributed by atoms with Crippen LogP contribution >= 0.6 is 0 Å². The molecule has 1 saturated carbocycles. The summed E-state index contributed by atoms with van der Waals surface area (Å²) in [5.74, 6) is 0.779. The predicted octanol–water partition coefficient (Wildman–Crippen LogP) is 0.609. The average molecular weight is 214 g/mol. The molecular weight excluding hydrogens is 192 g/mol. The van der Waals surface area contributed by atoms with Crippen molar-refractivity contribution >= 4 is 5.91 Å². The van der Waals surface area contributed by atoms with Gasteiger partial charge in [0, 0.05) is 26.2 Å². The van der Waals surface area contributed by atoms with E-state index in [9.17, 15) is 4.79 Å². The minimum absolute atomic E-state index is 0.144. The van der Waals surface area contributed by atoms with Gasteiger partial charge in [0.1, 0.15) is 0 Å². The third-order valence-electron chi connectivity index (χ3n) is 2.96. The first kappa shape index (κ1) is 12.5. The summed E-state index contributed by atoms with van der Waals surface area (Å²) in [6, 6.07) is 0.235. The van der Waals surface area contributed by atoms with Gasteiger partial charge >= 0.3 is 0 Å². The van der Waals surface area contributed by atoms with E-state index >= 15 is 0 Å². The normalized spacial score (nSPS) is 17.5. The topological polar surface area (TPSA) is 55.6 Å². The van der Waals surface area contributed by atoms with Crippen LogP contribution in [-0.4, -0.2) is 43.7 Å². The average Bonchev–Trinajstić information content (AvgIpc) is 3.03. The second kappa shape index (κ2) is 6.08. The number of carbonyl (C=O) groups excluding carboxylic acids is 1. The first-order chi connectivity index (χ1) is 7.20. The Morgan fingerprint density at radius 1 is 1.60 bits per heavy atom. The fourth-order valence-corrected chi connectivity index (χ4v) is 1.81.